The monoisotopic (exact) mass is 320 g/mol. The normalized spacial score (nSPS) is 10.0. The molecule has 3 aromatic rings. The van der Waals surface area contributed by atoms with Crippen molar-refractivity contribution in [2.24, 2.45) is 0 Å². The summed E-state index contributed by atoms with van der Waals surface area (Å²) >= 11 is 0. The number of esters is 1. The van der Waals surface area contributed by atoms with E-state index in [-0.39, 0.29) is 0 Å². The molecule has 0 saturated carbocycles. The number of hydrogen-bond donors (Lipinski definition) is 0. The molecule has 4 heteroatoms. The van der Waals surface area contributed by atoms with Crippen molar-refractivity contribution in [2.75, 3.05) is 0 Å². The minimum atomic E-state index is -0.426. The van der Waals surface area contributed by atoms with Gasteiger partial charge in [-0.2, -0.15) is 0 Å². The fourth-order valence-electron chi connectivity index (χ4n) is 2.11. The number of carbonyl (C=O) groups excluding carboxylic acids is 1. The van der Waals surface area contributed by atoms with Gasteiger partial charge < -0.3 is 14.2 Å². The molecule has 0 heterocycles. The van der Waals surface area contributed by atoms with Gasteiger partial charge in [-0.1, -0.05) is 36.4 Å². The van der Waals surface area contributed by atoms with E-state index in [1.54, 1.807) is 18.2 Å². The lowest BCUT2D eigenvalue weighted by Crippen LogP contribution is -2.03. The minimum absolute atomic E-state index is 0.305. The first-order chi connectivity index (χ1) is 11.7. The van der Waals surface area contributed by atoms with Crippen molar-refractivity contribution in [3.8, 4) is 28.7 Å². The van der Waals surface area contributed by atoms with Gasteiger partial charge in [0.05, 0.1) is 0 Å². The van der Waals surface area contributed by atoms with Crippen LogP contribution in [0.5, 0.6) is 28.7 Å². The summed E-state index contributed by atoms with van der Waals surface area (Å²) in [6.07, 6.45) is 0. The highest BCUT2D eigenvalue weighted by atomic mass is 16.6. The molecule has 0 aliphatic carbocycles. The second kappa shape index (κ2) is 7.33. The standard InChI is InChI=1S/C20H16O4/c1-15(21)22-20-14-18(23-16-8-4-2-5-9-16)12-13-19(20)24-17-10-6-3-7-11-17/h2-14H,1H3. The Balaban J connectivity index is 1.87. The molecule has 120 valence electrons. The predicted octanol–water partition coefficient (Wildman–Crippen LogP) is 5.20. The van der Waals surface area contributed by atoms with Crippen molar-refractivity contribution in [3.63, 3.8) is 0 Å². The van der Waals surface area contributed by atoms with E-state index in [9.17, 15) is 4.79 Å². The lowest BCUT2D eigenvalue weighted by Gasteiger charge is -2.13. The van der Waals surface area contributed by atoms with Crippen molar-refractivity contribution in [2.45, 2.75) is 6.92 Å². The molecule has 3 aromatic carbocycles. The van der Waals surface area contributed by atoms with Gasteiger partial charge in [-0.3, -0.25) is 4.79 Å². The molecule has 4 nitrogen and oxygen atoms in total. The Bertz CT molecular complexity index is 814. The molecule has 0 spiro atoms. The summed E-state index contributed by atoms with van der Waals surface area (Å²) in [4.78, 5) is 11.4. The first-order valence-electron chi connectivity index (χ1n) is 7.49. The second-order valence-electron chi connectivity index (χ2n) is 5.03. The van der Waals surface area contributed by atoms with Gasteiger partial charge in [0.15, 0.2) is 11.5 Å². The van der Waals surface area contributed by atoms with Crippen LogP contribution in [0, 0.1) is 0 Å². The van der Waals surface area contributed by atoms with Crippen molar-refractivity contribution in [1.82, 2.24) is 0 Å². The van der Waals surface area contributed by atoms with E-state index < -0.39 is 5.97 Å². The minimum Gasteiger partial charge on any atom is -0.457 e. The number of ether oxygens (including phenoxy) is 3. The van der Waals surface area contributed by atoms with Gasteiger partial charge in [-0.05, 0) is 36.4 Å². The Morgan fingerprint density at radius 2 is 1.25 bits per heavy atom. The van der Waals surface area contributed by atoms with Gasteiger partial charge in [0.2, 0.25) is 0 Å². The summed E-state index contributed by atoms with van der Waals surface area (Å²) in [5, 5.41) is 0. The molecule has 0 saturated heterocycles. The van der Waals surface area contributed by atoms with Crippen molar-refractivity contribution in [1.29, 1.82) is 0 Å². The van der Waals surface area contributed by atoms with Gasteiger partial charge in [-0.25, -0.2) is 0 Å². The third kappa shape index (κ3) is 4.14. The van der Waals surface area contributed by atoms with Gasteiger partial charge >= 0.3 is 5.97 Å². The molecule has 0 aromatic heterocycles. The molecule has 0 amide bonds. The predicted molar refractivity (Wildman–Crippen MR) is 90.8 cm³/mol. The summed E-state index contributed by atoms with van der Waals surface area (Å²) in [6.45, 7) is 1.34. The average molecular weight is 320 g/mol. The quantitative estimate of drug-likeness (QED) is 0.479. The Hall–Kier alpha value is -3.27. The van der Waals surface area contributed by atoms with Crippen LogP contribution in [0.15, 0.2) is 78.9 Å². The van der Waals surface area contributed by atoms with Gasteiger partial charge in [-0.15, -0.1) is 0 Å². The number of rotatable bonds is 5. The van der Waals surface area contributed by atoms with Gasteiger partial charge in [0, 0.05) is 13.0 Å². The highest BCUT2D eigenvalue weighted by Gasteiger charge is 2.11. The number of carbonyl (C=O) groups is 1. The maximum Gasteiger partial charge on any atom is 0.308 e. The van der Waals surface area contributed by atoms with E-state index in [2.05, 4.69) is 0 Å². The number of para-hydroxylation sites is 2. The molecule has 0 unspecified atom stereocenters. The zero-order valence-electron chi connectivity index (χ0n) is 13.1. The van der Waals surface area contributed by atoms with Crippen molar-refractivity contribution < 1.29 is 19.0 Å². The molecule has 0 atom stereocenters. The third-order valence-electron chi connectivity index (χ3n) is 3.12. The molecule has 0 bridgehead atoms. The zero-order chi connectivity index (χ0) is 16.8. The van der Waals surface area contributed by atoms with Crippen LogP contribution in [-0.2, 0) is 4.79 Å². The number of benzene rings is 3. The summed E-state index contributed by atoms with van der Waals surface area (Å²) in [7, 11) is 0. The van der Waals surface area contributed by atoms with Crippen molar-refractivity contribution in [3.05, 3.63) is 78.9 Å². The van der Waals surface area contributed by atoms with Crippen LogP contribution in [0.2, 0.25) is 0 Å². The van der Waals surface area contributed by atoms with E-state index in [1.165, 1.54) is 6.92 Å². The van der Waals surface area contributed by atoms with Crippen LogP contribution in [-0.4, -0.2) is 5.97 Å². The Labute approximate surface area is 140 Å². The first-order valence-corrected chi connectivity index (χ1v) is 7.49. The molecular formula is C20H16O4. The lowest BCUT2D eigenvalue weighted by molar-refractivity contribution is -0.131. The van der Waals surface area contributed by atoms with Crippen LogP contribution in [0.3, 0.4) is 0 Å². The molecule has 24 heavy (non-hydrogen) atoms. The maximum absolute atomic E-state index is 11.4. The molecule has 0 fully saturated rings. The largest absolute Gasteiger partial charge is 0.457 e. The third-order valence-corrected chi connectivity index (χ3v) is 3.12. The SMILES string of the molecule is CC(=O)Oc1cc(Oc2ccccc2)ccc1Oc1ccccc1. The fraction of sp³-hybridized carbons (Fsp3) is 0.0500. The van der Waals surface area contributed by atoms with Crippen molar-refractivity contribution >= 4 is 5.97 Å². The molecule has 0 N–H and O–H groups in total. The van der Waals surface area contributed by atoms with E-state index in [4.69, 9.17) is 14.2 Å². The molecular weight excluding hydrogens is 304 g/mol. The maximum atomic E-state index is 11.4. The van der Waals surface area contributed by atoms with Crippen LogP contribution < -0.4 is 14.2 Å². The Morgan fingerprint density at radius 3 is 1.83 bits per heavy atom. The Kier molecular flexibility index (Phi) is 4.77. The highest BCUT2D eigenvalue weighted by molar-refractivity contribution is 5.71. The van der Waals surface area contributed by atoms with Crippen LogP contribution in [0.1, 0.15) is 6.92 Å². The Morgan fingerprint density at radius 1 is 0.667 bits per heavy atom. The number of hydrogen-bond acceptors (Lipinski definition) is 4. The van der Waals surface area contributed by atoms with Crippen LogP contribution in [0.4, 0.5) is 0 Å². The first kappa shape index (κ1) is 15.6. The fourth-order valence-corrected chi connectivity index (χ4v) is 2.11. The summed E-state index contributed by atoms with van der Waals surface area (Å²) in [6, 6.07) is 23.8. The van der Waals surface area contributed by atoms with E-state index >= 15 is 0 Å². The zero-order valence-corrected chi connectivity index (χ0v) is 13.1. The van der Waals surface area contributed by atoms with Crippen LogP contribution >= 0.6 is 0 Å². The molecule has 3 rings (SSSR count). The highest BCUT2D eigenvalue weighted by Crippen LogP contribution is 2.36. The second-order valence-corrected chi connectivity index (χ2v) is 5.03. The topological polar surface area (TPSA) is 44.8 Å². The van der Waals surface area contributed by atoms with E-state index in [0.29, 0.717) is 28.7 Å². The summed E-state index contributed by atoms with van der Waals surface area (Å²) < 4.78 is 16.8. The molecule has 0 aliphatic rings. The smallest absolute Gasteiger partial charge is 0.308 e. The summed E-state index contributed by atoms with van der Waals surface area (Å²) in [5.74, 6) is 2.23. The van der Waals surface area contributed by atoms with E-state index in [1.807, 2.05) is 60.7 Å². The molecule has 0 radical (unpaired) electrons. The van der Waals surface area contributed by atoms with Crippen LogP contribution in [0.25, 0.3) is 0 Å². The van der Waals surface area contributed by atoms with E-state index in [0.717, 1.165) is 0 Å². The lowest BCUT2D eigenvalue weighted by atomic mass is 10.3. The van der Waals surface area contributed by atoms with Gasteiger partial charge in [0.1, 0.15) is 17.2 Å². The van der Waals surface area contributed by atoms with Gasteiger partial charge in [0.25, 0.3) is 0 Å². The average Bonchev–Trinajstić information content (AvgIpc) is 2.59. The molecule has 0 aliphatic heterocycles. The summed E-state index contributed by atoms with van der Waals surface area (Å²) in [5.41, 5.74) is 0.